The smallest absolute Gasteiger partial charge is 0.101 e. The minimum Gasteiger partial charge on any atom is -0.241 e. The number of hydrogen-bond donors (Lipinski definition) is 0. The second-order valence-corrected chi connectivity index (χ2v) is 3.13. The topological polar surface area (TPSA) is 17.8 Å². The van der Waals surface area contributed by atoms with Gasteiger partial charge in [-0.15, -0.1) is 0 Å². The molecule has 0 aliphatic heterocycles. The molecule has 0 N–H and O–H groups in total. The number of allylic oxidation sites excluding steroid dienone is 1. The van der Waals surface area contributed by atoms with Crippen molar-refractivity contribution in [2.24, 2.45) is 0 Å². The quantitative estimate of drug-likeness (QED) is 0.730. The molecule has 15 heavy (non-hydrogen) atoms. The Morgan fingerprint density at radius 1 is 1.33 bits per heavy atom. The van der Waals surface area contributed by atoms with Gasteiger partial charge in [-0.1, -0.05) is 12.1 Å². The van der Waals surface area contributed by atoms with E-state index in [2.05, 4.69) is 12.0 Å². The van der Waals surface area contributed by atoms with Crippen molar-refractivity contribution < 1.29 is 4.39 Å². The third-order valence-electron chi connectivity index (χ3n) is 1.99. The normalized spacial score (nSPS) is 11.7. The van der Waals surface area contributed by atoms with Crippen LogP contribution in [-0.4, -0.2) is 9.78 Å². The number of hydrogen-bond acceptors (Lipinski definition) is 1. The second-order valence-electron chi connectivity index (χ2n) is 3.13. The molecule has 0 fully saturated rings. The molecular formula is C12H10FN2. The molecule has 0 amide bonds. The molecule has 0 spiro atoms. The highest BCUT2D eigenvalue weighted by atomic mass is 19.1. The summed E-state index contributed by atoms with van der Waals surface area (Å²) in [5.41, 5.74) is 1.74. The Balaban J connectivity index is 2.29. The lowest BCUT2D eigenvalue weighted by molar-refractivity contribution is 0.673. The van der Waals surface area contributed by atoms with Gasteiger partial charge >= 0.3 is 0 Å². The lowest BCUT2D eigenvalue weighted by Gasteiger charge is -2.01. The molecule has 2 aromatic rings. The van der Waals surface area contributed by atoms with Gasteiger partial charge in [-0.25, -0.2) is 9.07 Å². The van der Waals surface area contributed by atoms with Crippen molar-refractivity contribution in [3.63, 3.8) is 0 Å². The molecule has 75 valence electrons. The first-order valence-corrected chi connectivity index (χ1v) is 4.55. The number of nitrogens with zero attached hydrogens (tertiary/aromatic N) is 2. The van der Waals surface area contributed by atoms with Crippen molar-refractivity contribution in [1.29, 1.82) is 0 Å². The summed E-state index contributed by atoms with van der Waals surface area (Å²) < 4.78 is 14.2. The maximum absolute atomic E-state index is 12.5. The first-order chi connectivity index (χ1) is 7.25. The maximum Gasteiger partial charge on any atom is 0.101 e. The fourth-order valence-electron chi connectivity index (χ4n) is 1.33. The Labute approximate surface area is 87.7 Å². The molecule has 0 aliphatic rings. The zero-order valence-electron chi connectivity index (χ0n) is 8.10. The summed E-state index contributed by atoms with van der Waals surface area (Å²) >= 11 is 0. The van der Waals surface area contributed by atoms with E-state index in [0.717, 1.165) is 11.3 Å². The number of rotatable bonds is 2. The van der Waals surface area contributed by atoms with Crippen LogP contribution >= 0.6 is 0 Å². The fraction of sp³-hybridized carbons (Fsp3) is 0. The molecule has 0 saturated heterocycles. The van der Waals surface area contributed by atoms with E-state index in [-0.39, 0.29) is 0 Å². The van der Waals surface area contributed by atoms with Gasteiger partial charge in [-0.05, 0) is 29.8 Å². The van der Waals surface area contributed by atoms with Crippen molar-refractivity contribution >= 4 is 6.08 Å². The molecule has 3 heteroatoms. The van der Waals surface area contributed by atoms with Crippen molar-refractivity contribution in [2.45, 2.75) is 0 Å². The van der Waals surface area contributed by atoms with Crippen LogP contribution in [0.5, 0.6) is 0 Å². The van der Waals surface area contributed by atoms with Gasteiger partial charge in [0.1, 0.15) is 5.83 Å². The summed E-state index contributed by atoms with van der Waals surface area (Å²) in [5.74, 6) is -0.443. The third-order valence-corrected chi connectivity index (χ3v) is 1.99. The molecular weight excluding hydrogens is 191 g/mol. The molecule has 0 aliphatic carbocycles. The molecule has 0 unspecified atom stereocenters. The van der Waals surface area contributed by atoms with Crippen LogP contribution in [-0.2, 0) is 0 Å². The predicted molar refractivity (Wildman–Crippen MR) is 58.0 cm³/mol. The van der Waals surface area contributed by atoms with Crippen LogP contribution < -0.4 is 0 Å². The molecule has 1 heterocycles. The SMILES string of the molecule is [CH2]/C(F)=C/c1ccc(-n2cccn2)cc1. The van der Waals surface area contributed by atoms with Crippen molar-refractivity contribution in [3.8, 4) is 5.69 Å². The number of benzene rings is 1. The Kier molecular flexibility index (Phi) is 2.63. The highest BCUT2D eigenvalue weighted by Crippen LogP contribution is 2.11. The lowest BCUT2D eigenvalue weighted by atomic mass is 10.2. The summed E-state index contributed by atoms with van der Waals surface area (Å²) in [6.07, 6.45) is 4.95. The van der Waals surface area contributed by atoms with Gasteiger partial charge in [0.05, 0.1) is 5.69 Å². The van der Waals surface area contributed by atoms with Gasteiger partial charge in [-0.2, -0.15) is 5.10 Å². The van der Waals surface area contributed by atoms with Crippen molar-refractivity contribution in [3.05, 3.63) is 61.0 Å². The Morgan fingerprint density at radius 3 is 2.60 bits per heavy atom. The molecule has 1 aromatic carbocycles. The zero-order valence-corrected chi connectivity index (χ0v) is 8.10. The third kappa shape index (κ3) is 2.31. The van der Waals surface area contributed by atoms with E-state index in [1.807, 2.05) is 36.5 Å². The first-order valence-electron chi connectivity index (χ1n) is 4.55. The first kappa shape index (κ1) is 9.65. The van der Waals surface area contributed by atoms with Crippen LogP contribution in [0.1, 0.15) is 5.56 Å². The van der Waals surface area contributed by atoms with Gasteiger partial charge in [0.15, 0.2) is 0 Å². The van der Waals surface area contributed by atoms with Gasteiger partial charge in [-0.3, -0.25) is 0 Å². The minimum absolute atomic E-state index is 0.443. The zero-order chi connectivity index (χ0) is 10.7. The van der Waals surface area contributed by atoms with Crippen LogP contribution in [0, 0.1) is 6.92 Å². The van der Waals surface area contributed by atoms with Crippen molar-refractivity contribution in [2.75, 3.05) is 0 Å². The van der Waals surface area contributed by atoms with Gasteiger partial charge in [0, 0.05) is 19.3 Å². The van der Waals surface area contributed by atoms with Gasteiger partial charge in [0.2, 0.25) is 0 Å². The highest BCUT2D eigenvalue weighted by Gasteiger charge is 1.95. The largest absolute Gasteiger partial charge is 0.241 e. The van der Waals surface area contributed by atoms with Crippen LogP contribution in [0.3, 0.4) is 0 Å². The molecule has 1 radical (unpaired) electrons. The molecule has 0 bridgehead atoms. The average molecular weight is 201 g/mol. The Bertz CT molecular complexity index is 451. The lowest BCUT2D eigenvalue weighted by Crippen LogP contribution is -1.93. The van der Waals surface area contributed by atoms with Crippen LogP contribution in [0.2, 0.25) is 0 Å². The molecule has 2 rings (SSSR count). The summed E-state index contributed by atoms with van der Waals surface area (Å²) in [6, 6.07) is 9.25. The molecule has 1 aromatic heterocycles. The summed E-state index contributed by atoms with van der Waals surface area (Å²) in [7, 11) is 0. The van der Waals surface area contributed by atoms with E-state index in [1.165, 1.54) is 6.08 Å². The van der Waals surface area contributed by atoms with E-state index >= 15 is 0 Å². The van der Waals surface area contributed by atoms with E-state index in [9.17, 15) is 4.39 Å². The summed E-state index contributed by atoms with van der Waals surface area (Å²) in [6.45, 7) is 3.18. The Morgan fingerprint density at radius 2 is 2.07 bits per heavy atom. The maximum atomic E-state index is 12.5. The number of halogens is 1. The molecule has 2 nitrogen and oxygen atoms in total. The molecule has 0 saturated carbocycles. The standard InChI is InChI=1S/C12H10FN2/c1-10(13)9-11-3-5-12(6-4-11)15-8-2-7-14-15/h2-9H,1H2/b10-9-. The monoisotopic (exact) mass is 201 g/mol. The van der Waals surface area contributed by atoms with Gasteiger partial charge in [0.25, 0.3) is 0 Å². The van der Waals surface area contributed by atoms with E-state index < -0.39 is 5.83 Å². The van der Waals surface area contributed by atoms with Gasteiger partial charge < -0.3 is 0 Å². The highest BCUT2D eigenvalue weighted by molar-refractivity contribution is 5.53. The van der Waals surface area contributed by atoms with Crippen molar-refractivity contribution in [1.82, 2.24) is 9.78 Å². The van der Waals surface area contributed by atoms with Crippen LogP contribution in [0.25, 0.3) is 11.8 Å². The number of aromatic nitrogens is 2. The second kappa shape index (κ2) is 4.09. The van der Waals surface area contributed by atoms with Crippen LogP contribution in [0.4, 0.5) is 4.39 Å². The minimum atomic E-state index is -0.443. The van der Waals surface area contributed by atoms with E-state index in [1.54, 1.807) is 10.9 Å². The summed E-state index contributed by atoms with van der Waals surface area (Å²) in [4.78, 5) is 0. The predicted octanol–water partition coefficient (Wildman–Crippen LogP) is 3.02. The van der Waals surface area contributed by atoms with E-state index in [4.69, 9.17) is 0 Å². The molecule has 0 atom stereocenters. The summed E-state index contributed by atoms with van der Waals surface area (Å²) in [5, 5.41) is 4.09. The average Bonchev–Trinajstić information content (AvgIpc) is 2.71. The fourth-order valence-corrected chi connectivity index (χ4v) is 1.33. The van der Waals surface area contributed by atoms with E-state index in [0.29, 0.717) is 0 Å². The Hall–Kier alpha value is -1.90. The van der Waals surface area contributed by atoms with Crippen LogP contribution in [0.15, 0.2) is 48.6 Å².